The number of nitrogens with zero attached hydrogens (tertiary/aromatic N) is 3. The topological polar surface area (TPSA) is 122 Å². The van der Waals surface area contributed by atoms with Crippen molar-refractivity contribution >= 4 is 17.8 Å². The number of unbranched alkanes of at least 4 members (excludes halogenated alkanes) is 1. The molecule has 0 atom stereocenters. The number of halogens is 2. The van der Waals surface area contributed by atoms with Gasteiger partial charge in [-0.05, 0) is 43.5 Å². The third-order valence-corrected chi connectivity index (χ3v) is 5.69. The van der Waals surface area contributed by atoms with Crippen LogP contribution in [0.25, 0.3) is 17.1 Å². The van der Waals surface area contributed by atoms with E-state index >= 15 is 0 Å². The Hall–Kier alpha value is -2.39. The van der Waals surface area contributed by atoms with Gasteiger partial charge in [0.1, 0.15) is 11.4 Å². The summed E-state index contributed by atoms with van der Waals surface area (Å²) >= 11 is 5.96. The van der Waals surface area contributed by atoms with E-state index in [9.17, 15) is 0 Å². The van der Waals surface area contributed by atoms with E-state index in [1.807, 2.05) is 47.4 Å². The molecule has 1 aliphatic rings. The fourth-order valence-corrected chi connectivity index (χ4v) is 3.70. The Morgan fingerprint density at radius 1 is 1.24 bits per heavy atom. The summed E-state index contributed by atoms with van der Waals surface area (Å²) in [7, 11) is 1.67. The molecule has 188 valence electrons. The minimum atomic E-state index is 0. The van der Waals surface area contributed by atoms with Crippen LogP contribution >= 0.6 is 11.6 Å². The first-order chi connectivity index (χ1) is 15.6. The summed E-state index contributed by atoms with van der Waals surface area (Å²) in [4.78, 5) is 8.12. The van der Waals surface area contributed by atoms with E-state index in [1.54, 1.807) is 7.11 Å². The number of benzene rings is 1. The molecule has 0 unspecified atom stereocenters. The molecular formula is C24H35Cl2N5O3. The van der Waals surface area contributed by atoms with Crippen molar-refractivity contribution in [3.8, 4) is 22.8 Å². The molecule has 0 radical (unpaired) electrons. The molecular weight excluding hydrogens is 477 g/mol. The van der Waals surface area contributed by atoms with Crippen LogP contribution in [0.15, 0.2) is 41.5 Å². The van der Waals surface area contributed by atoms with Gasteiger partial charge in [-0.3, -0.25) is 4.99 Å². The number of rotatable bonds is 7. The monoisotopic (exact) mass is 511 g/mol. The predicted octanol–water partition coefficient (Wildman–Crippen LogP) is 1.05. The fourth-order valence-electron chi connectivity index (χ4n) is 3.57. The van der Waals surface area contributed by atoms with Crippen LogP contribution in [0.3, 0.4) is 0 Å². The van der Waals surface area contributed by atoms with E-state index in [2.05, 4.69) is 22.2 Å². The summed E-state index contributed by atoms with van der Waals surface area (Å²) < 4.78 is 7.35. The van der Waals surface area contributed by atoms with Gasteiger partial charge in [-0.15, -0.1) is 4.68 Å². The summed E-state index contributed by atoms with van der Waals surface area (Å²) in [5.74, 6) is 0.769. The van der Waals surface area contributed by atoms with Crippen molar-refractivity contribution in [1.82, 2.24) is 15.3 Å². The molecule has 0 aliphatic heterocycles. The highest BCUT2D eigenvalue weighted by atomic mass is 35.5. The molecule has 34 heavy (non-hydrogen) atoms. The number of hydrogen-bond acceptors (Lipinski definition) is 4. The van der Waals surface area contributed by atoms with Crippen molar-refractivity contribution in [2.24, 2.45) is 4.99 Å². The number of aliphatic imine (C=N–C) groups is 1. The Bertz CT molecular complexity index is 981. The molecule has 0 saturated heterocycles. The SMILES string of the molecule is CCCCO.COc1cc(-c2c[n+](-c3ccc(Cl)cc3)[nH]n2)[nH]c1C=NC1CCCCC1.O.[Cl-]. The van der Waals surface area contributed by atoms with Gasteiger partial charge in [0.15, 0.2) is 11.9 Å². The maximum Gasteiger partial charge on any atom is 0.265 e. The van der Waals surface area contributed by atoms with Gasteiger partial charge in [0.05, 0.1) is 18.8 Å². The third-order valence-electron chi connectivity index (χ3n) is 5.44. The number of H-pyrrole nitrogens is 2. The molecule has 2 heterocycles. The summed E-state index contributed by atoms with van der Waals surface area (Å²) in [5.41, 5.74) is 3.50. The normalized spacial score (nSPS) is 13.5. The van der Waals surface area contributed by atoms with Crippen molar-refractivity contribution in [2.75, 3.05) is 13.7 Å². The maximum absolute atomic E-state index is 8.07. The van der Waals surface area contributed by atoms with Crippen molar-refractivity contribution in [3.63, 3.8) is 0 Å². The molecule has 1 aliphatic carbocycles. The molecule has 0 spiro atoms. The number of aromatic nitrogens is 4. The van der Waals surface area contributed by atoms with E-state index in [1.165, 1.54) is 32.1 Å². The molecule has 0 bridgehead atoms. The van der Waals surface area contributed by atoms with Crippen LogP contribution in [0.1, 0.15) is 57.6 Å². The molecule has 8 nitrogen and oxygen atoms in total. The van der Waals surface area contributed by atoms with E-state index in [0.29, 0.717) is 17.7 Å². The summed E-state index contributed by atoms with van der Waals surface area (Å²) in [6.07, 6.45) is 12.1. The van der Waals surface area contributed by atoms with Crippen LogP contribution in [-0.4, -0.2) is 51.9 Å². The average Bonchev–Trinajstić information content (AvgIpc) is 3.47. The van der Waals surface area contributed by atoms with Gasteiger partial charge < -0.3 is 32.7 Å². The van der Waals surface area contributed by atoms with Crippen LogP contribution in [0.4, 0.5) is 0 Å². The van der Waals surface area contributed by atoms with Crippen LogP contribution in [0.2, 0.25) is 5.02 Å². The lowest BCUT2D eigenvalue weighted by atomic mass is 9.96. The van der Waals surface area contributed by atoms with Crippen molar-refractivity contribution in [2.45, 2.75) is 57.9 Å². The Kier molecular flexibility index (Phi) is 13.5. The van der Waals surface area contributed by atoms with Crippen molar-refractivity contribution in [1.29, 1.82) is 0 Å². The molecule has 4 rings (SSSR count). The van der Waals surface area contributed by atoms with Gasteiger partial charge in [-0.25, -0.2) is 0 Å². The van der Waals surface area contributed by atoms with Crippen molar-refractivity contribution in [3.05, 3.63) is 47.2 Å². The van der Waals surface area contributed by atoms with Gasteiger partial charge in [-0.1, -0.05) is 49.4 Å². The van der Waals surface area contributed by atoms with Crippen LogP contribution in [0, 0.1) is 0 Å². The van der Waals surface area contributed by atoms with Gasteiger partial charge >= 0.3 is 0 Å². The lowest BCUT2D eigenvalue weighted by molar-refractivity contribution is -0.659. The number of aromatic amines is 2. The maximum atomic E-state index is 8.07. The first-order valence-electron chi connectivity index (χ1n) is 11.3. The lowest BCUT2D eigenvalue weighted by Gasteiger charge is -2.16. The highest BCUT2D eigenvalue weighted by Crippen LogP contribution is 2.25. The first-order valence-corrected chi connectivity index (χ1v) is 11.7. The van der Waals surface area contributed by atoms with Crippen LogP contribution < -0.4 is 21.8 Å². The minimum Gasteiger partial charge on any atom is -1.00 e. The van der Waals surface area contributed by atoms with Crippen LogP contribution in [0.5, 0.6) is 5.75 Å². The van der Waals surface area contributed by atoms with Gasteiger partial charge in [0.25, 0.3) is 5.69 Å². The van der Waals surface area contributed by atoms with Crippen molar-refractivity contribution < 1.29 is 32.4 Å². The highest BCUT2D eigenvalue weighted by molar-refractivity contribution is 6.30. The minimum absolute atomic E-state index is 0. The Morgan fingerprint density at radius 3 is 2.53 bits per heavy atom. The molecule has 1 fully saturated rings. The number of nitrogens with one attached hydrogen (secondary N) is 2. The third kappa shape index (κ3) is 8.43. The van der Waals surface area contributed by atoms with Gasteiger partial charge in [-0.2, -0.15) is 0 Å². The molecule has 0 amide bonds. The second-order valence-corrected chi connectivity index (χ2v) is 8.32. The summed E-state index contributed by atoms with van der Waals surface area (Å²) in [6, 6.07) is 9.94. The molecule has 1 aromatic carbocycles. The Labute approximate surface area is 212 Å². The highest BCUT2D eigenvalue weighted by Gasteiger charge is 2.18. The lowest BCUT2D eigenvalue weighted by Crippen LogP contribution is -3.00. The standard InChI is InChI=1S/C20H22ClN5O.C4H10O.ClH.H2O/c1-27-20-11-17(23-18(20)12-22-15-5-3-2-4-6-15)19-13-26(25-24-19)16-9-7-14(21)8-10-16;1-2-3-4-5;;/h7-13,15H,2-6H2,1H3,(H,22,23);5H,2-4H2,1H3;1H;1H2. The quantitative estimate of drug-likeness (QED) is 0.324. The number of methoxy groups -OCH3 is 1. The average molecular weight is 512 g/mol. The van der Waals surface area contributed by atoms with E-state index < -0.39 is 0 Å². The zero-order valence-corrected chi connectivity index (χ0v) is 21.2. The fraction of sp³-hybridized carbons (Fsp3) is 0.458. The Morgan fingerprint density at radius 2 is 1.94 bits per heavy atom. The largest absolute Gasteiger partial charge is 1.00 e. The molecule has 5 N–H and O–H groups in total. The predicted molar refractivity (Wildman–Crippen MR) is 132 cm³/mol. The van der Waals surface area contributed by atoms with Gasteiger partial charge in [0, 0.05) is 29.0 Å². The van der Waals surface area contributed by atoms with E-state index in [-0.39, 0.29) is 17.9 Å². The second-order valence-electron chi connectivity index (χ2n) is 7.88. The molecule has 10 heteroatoms. The zero-order chi connectivity index (χ0) is 22.8. The number of ether oxygens (including phenoxy) is 1. The zero-order valence-electron chi connectivity index (χ0n) is 19.7. The number of aliphatic hydroxyl groups excluding tert-OH is 1. The smallest absolute Gasteiger partial charge is 0.265 e. The molecule has 2 aromatic heterocycles. The van der Waals surface area contributed by atoms with E-state index in [4.69, 9.17) is 26.4 Å². The van der Waals surface area contributed by atoms with Gasteiger partial charge in [0.2, 0.25) is 0 Å². The Balaban J connectivity index is 0.000000752. The number of hydrogen-bond donors (Lipinski definition) is 3. The van der Waals surface area contributed by atoms with Crippen LogP contribution in [-0.2, 0) is 0 Å². The van der Waals surface area contributed by atoms with E-state index in [0.717, 1.165) is 41.4 Å². The first kappa shape index (κ1) is 29.6. The number of aliphatic hydroxyl groups is 1. The summed E-state index contributed by atoms with van der Waals surface area (Å²) in [6.45, 7) is 2.40. The second kappa shape index (κ2) is 15.5. The molecule has 1 saturated carbocycles. The summed E-state index contributed by atoms with van der Waals surface area (Å²) in [5, 5.41) is 16.2. The molecule has 3 aromatic rings.